The van der Waals surface area contributed by atoms with Crippen LogP contribution in [0.5, 0.6) is 0 Å². The number of carbonyl (C=O) groups is 1. The Balaban J connectivity index is 2.83. The molecule has 2 N–H and O–H groups in total. The molecule has 0 aliphatic rings. The number of aliphatic hydroxyl groups excluding tert-OH is 1. The Bertz CT molecular complexity index is 370. The highest BCUT2D eigenvalue weighted by Gasteiger charge is 2.16. The van der Waals surface area contributed by atoms with Crippen LogP contribution in [0.4, 0.5) is 0 Å². The first-order valence-electron chi connectivity index (χ1n) is 6.14. The van der Waals surface area contributed by atoms with Crippen LogP contribution in [0.2, 0.25) is 0 Å². The van der Waals surface area contributed by atoms with E-state index in [1.165, 1.54) is 0 Å². The molecule has 1 amide bonds. The van der Waals surface area contributed by atoms with Gasteiger partial charge >= 0.3 is 0 Å². The molecule has 5 nitrogen and oxygen atoms in total. The Hall–Kier alpha value is -1.36. The number of carbonyl (C=O) groups excluding carboxylic acids is 1. The van der Waals surface area contributed by atoms with Gasteiger partial charge in [-0.3, -0.25) is 9.48 Å². The van der Waals surface area contributed by atoms with Crippen molar-refractivity contribution < 1.29 is 9.90 Å². The number of nitrogens with zero attached hydrogens (tertiary/aromatic N) is 2. The zero-order valence-electron chi connectivity index (χ0n) is 10.7. The Morgan fingerprint density at radius 2 is 2.24 bits per heavy atom. The molecule has 0 spiro atoms. The molecule has 5 heteroatoms. The monoisotopic (exact) mass is 239 g/mol. The van der Waals surface area contributed by atoms with Crippen molar-refractivity contribution in [2.24, 2.45) is 0 Å². The maximum absolute atomic E-state index is 12.0. The molecule has 1 rings (SSSR count). The van der Waals surface area contributed by atoms with E-state index < -0.39 is 0 Å². The highest BCUT2D eigenvalue weighted by molar-refractivity contribution is 5.92. The van der Waals surface area contributed by atoms with Gasteiger partial charge in [0.2, 0.25) is 0 Å². The van der Waals surface area contributed by atoms with E-state index >= 15 is 0 Å². The summed E-state index contributed by atoms with van der Waals surface area (Å²) < 4.78 is 1.69. The van der Waals surface area contributed by atoms with Crippen molar-refractivity contribution >= 4 is 5.91 Å². The van der Waals surface area contributed by atoms with E-state index in [4.69, 9.17) is 5.11 Å². The molecule has 0 saturated carbocycles. The lowest BCUT2D eigenvalue weighted by Gasteiger charge is -2.14. The summed E-state index contributed by atoms with van der Waals surface area (Å²) in [6, 6.07) is 1.62. The summed E-state index contributed by atoms with van der Waals surface area (Å²) in [6.45, 7) is 6.51. The van der Waals surface area contributed by atoms with Crippen molar-refractivity contribution in [2.45, 2.75) is 46.2 Å². The number of hydrogen-bond acceptors (Lipinski definition) is 3. The lowest BCUT2D eigenvalue weighted by molar-refractivity contribution is 0.0904. The molecule has 96 valence electrons. The van der Waals surface area contributed by atoms with E-state index in [0.29, 0.717) is 18.7 Å². The summed E-state index contributed by atoms with van der Waals surface area (Å²) in [6.07, 6.45) is 1.52. The molecule has 0 saturated heterocycles. The molecule has 0 fully saturated rings. The lowest BCUT2D eigenvalue weighted by Crippen LogP contribution is -2.37. The number of aromatic nitrogens is 2. The van der Waals surface area contributed by atoms with Crippen LogP contribution in [-0.2, 0) is 13.0 Å². The first-order valence-corrected chi connectivity index (χ1v) is 6.14. The Morgan fingerprint density at radius 3 is 2.71 bits per heavy atom. The van der Waals surface area contributed by atoms with Crippen molar-refractivity contribution in [2.75, 3.05) is 6.61 Å². The normalized spacial score (nSPS) is 12.5. The van der Waals surface area contributed by atoms with Gasteiger partial charge in [-0.25, -0.2) is 0 Å². The van der Waals surface area contributed by atoms with Crippen LogP contribution in [0.1, 0.15) is 43.4 Å². The largest absolute Gasteiger partial charge is 0.394 e. The summed E-state index contributed by atoms with van der Waals surface area (Å²) in [5.41, 5.74) is 1.48. The number of nitrogens with one attached hydrogen (secondary N) is 1. The van der Waals surface area contributed by atoms with Crippen LogP contribution >= 0.6 is 0 Å². The SMILES string of the molecule is CCc1cc(C(=O)N[C@@H](CC)CO)n(CC)n1. The third-order valence-corrected chi connectivity index (χ3v) is 2.77. The van der Waals surface area contributed by atoms with E-state index in [1.807, 2.05) is 26.8 Å². The molecule has 0 aromatic carbocycles. The molecule has 0 aliphatic heterocycles. The molecule has 1 heterocycles. The van der Waals surface area contributed by atoms with Gasteiger partial charge in [-0.2, -0.15) is 5.10 Å². The molecule has 0 bridgehead atoms. The van der Waals surface area contributed by atoms with E-state index in [2.05, 4.69) is 10.4 Å². The van der Waals surface area contributed by atoms with Crippen molar-refractivity contribution in [1.29, 1.82) is 0 Å². The molecular formula is C12H21N3O2. The van der Waals surface area contributed by atoms with E-state index in [9.17, 15) is 4.79 Å². The second kappa shape index (κ2) is 6.39. The van der Waals surface area contributed by atoms with Gasteiger partial charge in [0.15, 0.2) is 0 Å². The number of rotatable bonds is 6. The van der Waals surface area contributed by atoms with Crippen LogP contribution in [0.3, 0.4) is 0 Å². The fourth-order valence-electron chi connectivity index (χ4n) is 1.60. The molecular weight excluding hydrogens is 218 g/mol. The number of aliphatic hydroxyl groups is 1. The van der Waals surface area contributed by atoms with Crippen LogP contribution in [0.25, 0.3) is 0 Å². The summed E-state index contributed by atoms with van der Waals surface area (Å²) >= 11 is 0. The fraction of sp³-hybridized carbons (Fsp3) is 0.667. The first kappa shape index (κ1) is 13.7. The molecule has 17 heavy (non-hydrogen) atoms. The average Bonchev–Trinajstić information content (AvgIpc) is 2.78. The summed E-state index contributed by atoms with van der Waals surface area (Å²) in [5.74, 6) is -0.167. The first-order chi connectivity index (χ1) is 8.15. The van der Waals surface area contributed by atoms with Crippen LogP contribution in [0.15, 0.2) is 6.07 Å². The zero-order chi connectivity index (χ0) is 12.8. The second-order valence-corrected chi connectivity index (χ2v) is 3.95. The molecule has 1 atom stereocenters. The average molecular weight is 239 g/mol. The quantitative estimate of drug-likeness (QED) is 0.777. The Morgan fingerprint density at radius 1 is 1.53 bits per heavy atom. The van der Waals surface area contributed by atoms with Crippen LogP contribution in [0, 0.1) is 0 Å². The van der Waals surface area contributed by atoms with Crippen molar-refractivity contribution in [3.63, 3.8) is 0 Å². The van der Waals surface area contributed by atoms with Gasteiger partial charge in [-0.1, -0.05) is 13.8 Å². The zero-order valence-corrected chi connectivity index (χ0v) is 10.7. The van der Waals surface area contributed by atoms with Gasteiger partial charge in [0.25, 0.3) is 5.91 Å². The van der Waals surface area contributed by atoms with Gasteiger partial charge in [-0.15, -0.1) is 0 Å². The van der Waals surface area contributed by atoms with E-state index in [-0.39, 0.29) is 18.6 Å². The predicted octanol–water partition coefficient (Wildman–Crippen LogP) is 0.966. The predicted molar refractivity (Wildman–Crippen MR) is 65.9 cm³/mol. The molecule has 0 radical (unpaired) electrons. The van der Waals surface area contributed by atoms with Gasteiger partial charge in [0.05, 0.1) is 18.3 Å². The third kappa shape index (κ3) is 3.30. The van der Waals surface area contributed by atoms with Crippen molar-refractivity contribution in [1.82, 2.24) is 15.1 Å². The number of aryl methyl sites for hydroxylation is 2. The lowest BCUT2D eigenvalue weighted by atomic mass is 10.2. The molecule has 1 aromatic heterocycles. The Labute approximate surface area is 102 Å². The van der Waals surface area contributed by atoms with E-state index in [0.717, 1.165) is 12.1 Å². The topological polar surface area (TPSA) is 67.2 Å². The third-order valence-electron chi connectivity index (χ3n) is 2.77. The van der Waals surface area contributed by atoms with Crippen molar-refractivity contribution in [3.05, 3.63) is 17.5 Å². The smallest absolute Gasteiger partial charge is 0.269 e. The maximum Gasteiger partial charge on any atom is 0.269 e. The highest BCUT2D eigenvalue weighted by atomic mass is 16.3. The van der Waals surface area contributed by atoms with Crippen molar-refractivity contribution in [3.8, 4) is 0 Å². The molecule has 0 unspecified atom stereocenters. The summed E-state index contributed by atoms with van der Waals surface area (Å²) in [7, 11) is 0. The van der Waals surface area contributed by atoms with Gasteiger partial charge < -0.3 is 10.4 Å². The van der Waals surface area contributed by atoms with Crippen LogP contribution < -0.4 is 5.32 Å². The van der Waals surface area contributed by atoms with Gasteiger partial charge in [-0.05, 0) is 25.8 Å². The minimum absolute atomic E-state index is 0.0386. The second-order valence-electron chi connectivity index (χ2n) is 3.95. The minimum atomic E-state index is -0.187. The number of hydrogen-bond donors (Lipinski definition) is 2. The summed E-state index contributed by atoms with van der Waals surface area (Å²) in [5, 5.41) is 16.2. The fourth-order valence-corrected chi connectivity index (χ4v) is 1.60. The summed E-state index contributed by atoms with van der Waals surface area (Å²) in [4.78, 5) is 12.0. The minimum Gasteiger partial charge on any atom is -0.394 e. The Kier molecular flexibility index (Phi) is 5.15. The number of amides is 1. The van der Waals surface area contributed by atoms with Gasteiger partial charge in [0.1, 0.15) is 5.69 Å². The highest BCUT2D eigenvalue weighted by Crippen LogP contribution is 2.06. The molecule has 1 aromatic rings. The standard InChI is InChI=1S/C12H21N3O2/c1-4-9-7-11(15(6-3)14-9)12(17)13-10(5-2)8-16/h7,10,16H,4-6,8H2,1-3H3,(H,13,17)/t10-/m0/s1. The molecule has 0 aliphatic carbocycles. The maximum atomic E-state index is 12.0. The van der Waals surface area contributed by atoms with E-state index in [1.54, 1.807) is 4.68 Å². The van der Waals surface area contributed by atoms with Crippen LogP contribution in [-0.4, -0.2) is 33.4 Å². The van der Waals surface area contributed by atoms with Gasteiger partial charge in [0, 0.05) is 6.54 Å².